The number of aliphatic imine (C=N–C) groups is 1. The Morgan fingerprint density at radius 2 is 2.08 bits per heavy atom. The number of nitrogens with one attached hydrogen (secondary N) is 2. The Kier molecular flexibility index (Phi) is 5.59. The fraction of sp³-hybridized carbons (Fsp3) is 0.632. The van der Waals surface area contributed by atoms with E-state index in [1.165, 1.54) is 42.6 Å². The van der Waals surface area contributed by atoms with Crippen LogP contribution in [0.15, 0.2) is 17.1 Å². The summed E-state index contributed by atoms with van der Waals surface area (Å²) in [5.74, 6) is 2.47. The van der Waals surface area contributed by atoms with Gasteiger partial charge < -0.3 is 15.7 Å². The molecule has 1 fully saturated rings. The van der Waals surface area contributed by atoms with Crippen LogP contribution in [0.1, 0.15) is 49.3 Å². The Hall–Kier alpha value is -1.36. The third-order valence-corrected chi connectivity index (χ3v) is 6.75. The average Bonchev–Trinajstić information content (AvgIpc) is 3.03. The van der Waals surface area contributed by atoms with Crippen LogP contribution in [0.5, 0.6) is 5.75 Å². The smallest absolute Gasteiger partial charge is 0.191 e. The summed E-state index contributed by atoms with van der Waals surface area (Å²) in [5, 5.41) is 17.1. The fourth-order valence-corrected chi connectivity index (χ4v) is 4.97. The van der Waals surface area contributed by atoms with Gasteiger partial charge in [0.15, 0.2) is 5.96 Å². The predicted octanol–water partition coefficient (Wildman–Crippen LogP) is 3.22. The van der Waals surface area contributed by atoms with Gasteiger partial charge in [0, 0.05) is 30.4 Å². The van der Waals surface area contributed by atoms with E-state index in [2.05, 4.69) is 28.6 Å². The van der Waals surface area contributed by atoms with Gasteiger partial charge in [-0.3, -0.25) is 4.99 Å². The molecule has 0 aromatic heterocycles. The minimum Gasteiger partial charge on any atom is -0.508 e. The molecule has 1 aromatic carbocycles. The molecule has 0 spiro atoms. The number of nitrogens with zero attached hydrogens (tertiary/aromatic N) is 1. The normalized spacial score (nSPS) is 23.8. The third-order valence-electron chi connectivity index (χ3n) is 5.21. The zero-order chi connectivity index (χ0) is 17.0. The van der Waals surface area contributed by atoms with Gasteiger partial charge in [-0.15, -0.1) is 0 Å². The van der Waals surface area contributed by atoms with Crippen molar-refractivity contribution >= 4 is 17.7 Å². The quantitative estimate of drug-likeness (QED) is 0.578. The molecule has 3 N–H and O–H groups in total. The second-order valence-corrected chi connectivity index (χ2v) is 8.77. The van der Waals surface area contributed by atoms with E-state index in [0.29, 0.717) is 17.0 Å². The van der Waals surface area contributed by atoms with Crippen molar-refractivity contribution in [1.29, 1.82) is 0 Å². The van der Waals surface area contributed by atoms with Gasteiger partial charge >= 0.3 is 0 Å². The summed E-state index contributed by atoms with van der Waals surface area (Å²) in [6.07, 6.45) is 7.23. The maximum atomic E-state index is 10.3. The number of thioether (sulfide) groups is 1. The Morgan fingerprint density at radius 3 is 2.83 bits per heavy atom. The zero-order valence-electron chi connectivity index (χ0n) is 14.8. The molecule has 24 heavy (non-hydrogen) atoms. The Labute approximate surface area is 149 Å². The number of rotatable bonds is 4. The molecular weight excluding hydrogens is 318 g/mol. The first kappa shape index (κ1) is 17.5. The van der Waals surface area contributed by atoms with E-state index < -0.39 is 0 Å². The number of fused-ring (bicyclic) bond motifs is 1. The van der Waals surface area contributed by atoms with Gasteiger partial charge in [-0.05, 0) is 68.4 Å². The number of hydrogen-bond acceptors (Lipinski definition) is 3. The maximum absolute atomic E-state index is 10.3. The fourth-order valence-electron chi connectivity index (χ4n) is 3.73. The summed E-state index contributed by atoms with van der Waals surface area (Å²) < 4.78 is 0.311. The van der Waals surface area contributed by atoms with E-state index in [9.17, 15) is 5.11 Å². The molecule has 132 valence electrons. The maximum Gasteiger partial charge on any atom is 0.191 e. The molecular formula is C19H29N3OS. The molecule has 0 radical (unpaired) electrons. The summed E-state index contributed by atoms with van der Waals surface area (Å²) in [6, 6.07) is 3.92. The van der Waals surface area contributed by atoms with Crippen molar-refractivity contribution in [2.24, 2.45) is 4.99 Å². The second kappa shape index (κ2) is 7.68. The van der Waals surface area contributed by atoms with Crippen molar-refractivity contribution < 1.29 is 5.11 Å². The summed E-state index contributed by atoms with van der Waals surface area (Å²) in [6.45, 7) is 3.87. The lowest BCUT2D eigenvalue weighted by Gasteiger charge is -2.25. The summed E-state index contributed by atoms with van der Waals surface area (Å²) in [7, 11) is 1.81. The molecule has 1 atom stereocenters. The van der Waals surface area contributed by atoms with E-state index in [1.54, 1.807) is 7.05 Å². The molecule has 1 aliphatic carbocycles. The molecule has 1 saturated heterocycles. The minimum atomic E-state index is 0.311. The van der Waals surface area contributed by atoms with Crippen molar-refractivity contribution in [2.45, 2.75) is 56.7 Å². The third kappa shape index (κ3) is 4.00. The Morgan fingerprint density at radius 1 is 1.25 bits per heavy atom. The Balaban J connectivity index is 1.62. The standard InChI is InChI=1S/C19H29N3OS/c1-19(10-5-11-24-19)13-22-18(20-2)21-12-16-15-7-4-3-6-14(15)8-9-17(16)23/h8-9,23H,3-7,10-13H2,1-2H3,(H2,20,21,22). The van der Waals surface area contributed by atoms with Crippen LogP contribution >= 0.6 is 11.8 Å². The van der Waals surface area contributed by atoms with E-state index >= 15 is 0 Å². The molecule has 0 saturated carbocycles. The van der Waals surface area contributed by atoms with Crippen molar-refractivity contribution in [2.75, 3.05) is 19.3 Å². The number of aromatic hydroxyl groups is 1. The van der Waals surface area contributed by atoms with Gasteiger partial charge in [0.2, 0.25) is 0 Å². The minimum absolute atomic E-state index is 0.311. The number of aryl methyl sites for hydroxylation is 1. The van der Waals surface area contributed by atoms with Gasteiger partial charge in [-0.2, -0.15) is 11.8 Å². The average molecular weight is 348 g/mol. The summed E-state index contributed by atoms with van der Waals surface area (Å²) >= 11 is 2.05. The van der Waals surface area contributed by atoms with Gasteiger partial charge in [-0.25, -0.2) is 0 Å². The van der Waals surface area contributed by atoms with Crippen LogP contribution in [0.2, 0.25) is 0 Å². The lowest BCUT2D eigenvalue weighted by Crippen LogP contribution is -2.43. The van der Waals surface area contributed by atoms with E-state index in [1.807, 2.05) is 17.8 Å². The molecule has 3 rings (SSSR count). The van der Waals surface area contributed by atoms with Crippen LogP contribution < -0.4 is 10.6 Å². The SMILES string of the molecule is CN=C(NCc1c(O)ccc2c1CCCC2)NCC1(C)CCCS1. The number of phenolic OH excluding ortho intramolecular Hbond substituents is 1. The van der Waals surface area contributed by atoms with Crippen LogP contribution in [0, 0.1) is 0 Å². The monoisotopic (exact) mass is 347 g/mol. The van der Waals surface area contributed by atoms with Gasteiger partial charge in [0.25, 0.3) is 0 Å². The molecule has 1 unspecified atom stereocenters. The number of phenols is 1. The number of hydrogen-bond donors (Lipinski definition) is 3. The van der Waals surface area contributed by atoms with E-state index in [0.717, 1.165) is 30.9 Å². The Bertz CT molecular complexity index is 609. The topological polar surface area (TPSA) is 56.7 Å². The highest BCUT2D eigenvalue weighted by atomic mass is 32.2. The molecule has 1 heterocycles. The molecule has 1 aromatic rings. The van der Waals surface area contributed by atoms with Crippen molar-refractivity contribution in [3.63, 3.8) is 0 Å². The second-order valence-electron chi connectivity index (χ2n) is 7.09. The predicted molar refractivity (Wildman–Crippen MR) is 103 cm³/mol. The van der Waals surface area contributed by atoms with Crippen LogP contribution in [0.4, 0.5) is 0 Å². The van der Waals surface area contributed by atoms with Crippen molar-refractivity contribution in [3.8, 4) is 5.75 Å². The van der Waals surface area contributed by atoms with Crippen molar-refractivity contribution in [3.05, 3.63) is 28.8 Å². The van der Waals surface area contributed by atoms with E-state index in [4.69, 9.17) is 0 Å². The highest BCUT2D eigenvalue weighted by molar-refractivity contribution is 8.00. The first-order valence-corrected chi connectivity index (χ1v) is 10.0. The molecule has 1 aliphatic heterocycles. The molecule has 5 heteroatoms. The molecule has 0 amide bonds. The van der Waals surface area contributed by atoms with Crippen LogP contribution in [0.25, 0.3) is 0 Å². The zero-order valence-corrected chi connectivity index (χ0v) is 15.6. The largest absolute Gasteiger partial charge is 0.508 e. The van der Waals surface area contributed by atoms with Gasteiger partial charge in [0.05, 0.1) is 0 Å². The highest BCUT2D eigenvalue weighted by Gasteiger charge is 2.29. The highest BCUT2D eigenvalue weighted by Crippen LogP contribution is 2.37. The van der Waals surface area contributed by atoms with Gasteiger partial charge in [0.1, 0.15) is 5.75 Å². The molecule has 4 nitrogen and oxygen atoms in total. The van der Waals surface area contributed by atoms with Crippen molar-refractivity contribution in [1.82, 2.24) is 10.6 Å². The van der Waals surface area contributed by atoms with Crippen LogP contribution in [-0.4, -0.2) is 35.2 Å². The van der Waals surface area contributed by atoms with Gasteiger partial charge in [-0.1, -0.05) is 6.07 Å². The number of benzene rings is 1. The number of guanidine groups is 1. The van der Waals surface area contributed by atoms with E-state index in [-0.39, 0.29) is 0 Å². The molecule has 2 aliphatic rings. The lowest BCUT2D eigenvalue weighted by atomic mass is 9.88. The summed E-state index contributed by atoms with van der Waals surface area (Å²) in [4.78, 5) is 4.34. The summed E-state index contributed by atoms with van der Waals surface area (Å²) in [5.41, 5.74) is 3.77. The first-order valence-electron chi connectivity index (χ1n) is 9.02. The lowest BCUT2D eigenvalue weighted by molar-refractivity contribution is 0.464. The van der Waals surface area contributed by atoms with Crippen LogP contribution in [-0.2, 0) is 19.4 Å². The molecule has 0 bridgehead atoms. The van der Waals surface area contributed by atoms with Crippen LogP contribution in [0.3, 0.4) is 0 Å². The first-order chi connectivity index (χ1) is 11.6.